The SMILES string of the molecule is FC(F)(F)c1ccc(-c2c(-c3ccc(Cl)cc3)oc3c2CCc2ccccc2-3)cc1. The van der Waals surface area contributed by atoms with Gasteiger partial charge in [0.05, 0.1) is 5.56 Å². The molecule has 0 saturated carbocycles. The van der Waals surface area contributed by atoms with Gasteiger partial charge in [-0.15, -0.1) is 0 Å². The fourth-order valence-electron chi connectivity index (χ4n) is 4.08. The van der Waals surface area contributed by atoms with E-state index < -0.39 is 11.7 Å². The van der Waals surface area contributed by atoms with Gasteiger partial charge in [0.25, 0.3) is 0 Å². The largest absolute Gasteiger partial charge is 0.455 e. The maximum absolute atomic E-state index is 13.1. The molecule has 5 rings (SSSR count). The van der Waals surface area contributed by atoms with Gasteiger partial charge in [0.15, 0.2) is 0 Å². The fourth-order valence-corrected chi connectivity index (χ4v) is 4.20. The lowest BCUT2D eigenvalue weighted by molar-refractivity contribution is -0.137. The Bertz CT molecular complexity index is 1220. The van der Waals surface area contributed by atoms with Crippen LogP contribution in [0.1, 0.15) is 16.7 Å². The van der Waals surface area contributed by atoms with Gasteiger partial charge in [0.2, 0.25) is 0 Å². The van der Waals surface area contributed by atoms with E-state index in [1.165, 1.54) is 17.7 Å². The Labute approximate surface area is 176 Å². The molecule has 0 saturated heterocycles. The molecule has 1 aliphatic rings. The summed E-state index contributed by atoms with van der Waals surface area (Å²) >= 11 is 6.05. The highest BCUT2D eigenvalue weighted by Gasteiger charge is 2.31. The van der Waals surface area contributed by atoms with E-state index in [0.29, 0.717) is 16.3 Å². The summed E-state index contributed by atoms with van der Waals surface area (Å²) in [4.78, 5) is 0. The van der Waals surface area contributed by atoms with Crippen molar-refractivity contribution in [2.45, 2.75) is 19.0 Å². The number of alkyl halides is 3. The lowest BCUT2D eigenvalue weighted by Crippen LogP contribution is -2.04. The van der Waals surface area contributed by atoms with Gasteiger partial charge in [-0.25, -0.2) is 0 Å². The summed E-state index contributed by atoms with van der Waals surface area (Å²) in [5.41, 5.74) is 4.99. The zero-order chi connectivity index (χ0) is 20.9. The molecule has 0 N–H and O–H groups in total. The lowest BCUT2D eigenvalue weighted by atomic mass is 9.86. The zero-order valence-corrected chi connectivity index (χ0v) is 16.5. The standard InChI is InChI=1S/C25H16ClF3O/c26-19-12-7-17(8-13-19)23-22(16-5-10-18(11-6-16)25(27,28)29)21-14-9-15-3-1-2-4-20(15)24(21)30-23/h1-8,10-13H,9,14H2. The smallest absolute Gasteiger partial charge is 0.416 e. The molecule has 0 radical (unpaired) electrons. The van der Waals surface area contributed by atoms with E-state index in [0.717, 1.165) is 53.0 Å². The predicted octanol–water partition coefficient (Wildman–Crippen LogP) is 8.05. The van der Waals surface area contributed by atoms with E-state index in [2.05, 4.69) is 6.07 Å². The number of furan rings is 1. The monoisotopic (exact) mass is 424 g/mol. The average molecular weight is 425 g/mol. The van der Waals surface area contributed by atoms with Crippen LogP contribution in [0.4, 0.5) is 13.2 Å². The third-order valence-electron chi connectivity index (χ3n) is 5.52. The summed E-state index contributed by atoms with van der Waals surface area (Å²) in [6, 6.07) is 20.7. The second-order valence-electron chi connectivity index (χ2n) is 7.35. The van der Waals surface area contributed by atoms with Gasteiger partial charge in [-0.2, -0.15) is 13.2 Å². The number of aryl methyl sites for hydroxylation is 1. The molecule has 1 aliphatic carbocycles. The topological polar surface area (TPSA) is 13.1 Å². The summed E-state index contributed by atoms with van der Waals surface area (Å²) in [6.45, 7) is 0. The number of hydrogen-bond acceptors (Lipinski definition) is 1. The molecule has 3 aromatic carbocycles. The lowest BCUT2D eigenvalue weighted by Gasteiger charge is -2.16. The van der Waals surface area contributed by atoms with E-state index in [4.69, 9.17) is 16.0 Å². The summed E-state index contributed by atoms with van der Waals surface area (Å²) in [7, 11) is 0. The first-order valence-electron chi connectivity index (χ1n) is 9.59. The quantitative estimate of drug-likeness (QED) is 0.317. The van der Waals surface area contributed by atoms with Gasteiger partial charge in [-0.05, 0) is 60.4 Å². The maximum Gasteiger partial charge on any atom is 0.416 e. The predicted molar refractivity (Wildman–Crippen MR) is 112 cm³/mol. The van der Waals surface area contributed by atoms with Gasteiger partial charge in [0, 0.05) is 27.3 Å². The first kappa shape index (κ1) is 19.0. The van der Waals surface area contributed by atoms with Gasteiger partial charge in [-0.1, -0.05) is 48.0 Å². The molecule has 1 heterocycles. The van der Waals surface area contributed by atoms with Crippen LogP contribution in [0.2, 0.25) is 5.02 Å². The van der Waals surface area contributed by atoms with Gasteiger partial charge < -0.3 is 4.42 Å². The van der Waals surface area contributed by atoms with Gasteiger partial charge in [-0.3, -0.25) is 0 Å². The average Bonchev–Trinajstić information content (AvgIpc) is 3.14. The van der Waals surface area contributed by atoms with Gasteiger partial charge in [0.1, 0.15) is 11.5 Å². The number of fused-ring (bicyclic) bond motifs is 3. The van der Waals surface area contributed by atoms with Crippen molar-refractivity contribution in [1.29, 1.82) is 0 Å². The van der Waals surface area contributed by atoms with Crippen LogP contribution < -0.4 is 0 Å². The second kappa shape index (κ2) is 7.06. The molecule has 0 unspecified atom stereocenters. The van der Waals surface area contributed by atoms with Crippen molar-refractivity contribution in [2.24, 2.45) is 0 Å². The van der Waals surface area contributed by atoms with Gasteiger partial charge >= 0.3 is 6.18 Å². The molecule has 1 aromatic heterocycles. The normalized spacial score (nSPS) is 13.1. The molecule has 30 heavy (non-hydrogen) atoms. The molecule has 1 nitrogen and oxygen atoms in total. The van der Waals surface area contributed by atoms with Crippen LogP contribution in [0.3, 0.4) is 0 Å². The Hall–Kier alpha value is -2.98. The molecule has 5 heteroatoms. The van der Waals surface area contributed by atoms with Crippen molar-refractivity contribution < 1.29 is 17.6 Å². The van der Waals surface area contributed by atoms with E-state index in [1.54, 1.807) is 12.1 Å². The van der Waals surface area contributed by atoms with Crippen LogP contribution in [0.5, 0.6) is 0 Å². The van der Waals surface area contributed by atoms with Crippen molar-refractivity contribution in [3.8, 4) is 33.8 Å². The molecule has 0 bridgehead atoms. The zero-order valence-electron chi connectivity index (χ0n) is 15.8. The van der Waals surface area contributed by atoms with Crippen molar-refractivity contribution in [3.63, 3.8) is 0 Å². The molecule has 0 atom stereocenters. The molecule has 0 amide bonds. The minimum absolute atomic E-state index is 0.608. The van der Waals surface area contributed by atoms with E-state index in [9.17, 15) is 13.2 Å². The van der Waals surface area contributed by atoms with E-state index >= 15 is 0 Å². The highest BCUT2D eigenvalue weighted by molar-refractivity contribution is 6.30. The second-order valence-corrected chi connectivity index (χ2v) is 7.79. The third kappa shape index (κ3) is 3.21. The molecular formula is C25H16ClF3O. The highest BCUT2D eigenvalue weighted by Crippen LogP contribution is 2.47. The van der Waals surface area contributed by atoms with Crippen LogP contribution >= 0.6 is 11.6 Å². The Balaban J connectivity index is 1.73. The summed E-state index contributed by atoms with van der Waals surface area (Å²) in [5, 5.41) is 0.608. The Kier molecular flexibility index (Phi) is 4.48. The Morgan fingerprint density at radius 3 is 2.10 bits per heavy atom. The molecule has 0 aliphatic heterocycles. The number of rotatable bonds is 2. The number of hydrogen-bond donors (Lipinski definition) is 0. The van der Waals surface area contributed by atoms with Crippen LogP contribution in [0, 0.1) is 0 Å². The maximum atomic E-state index is 13.1. The molecule has 0 spiro atoms. The van der Waals surface area contributed by atoms with Crippen molar-refractivity contribution in [3.05, 3.63) is 94.5 Å². The van der Waals surface area contributed by atoms with E-state index in [1.807, 2.05) is 30.3 Å². The Morgan fingerprint density at radius 2 is 1.40 bits per heavy atom. The number of halogens is 4. The summed E-state index contributed by atoms with van der Waals surface area (Å²) < 4.78 is 45.5. The molecule has 0 fully saturated rings. The van der Waals surface area contributed by atoms with Crippen LogP contribution in [-0.4, -0.2) is 0 Å². The molecular weight excluding hydrogens is 409 g/mol. The minimum atomic E-state index is -4.37. The van der Waals surface area contributed by atoms with Crippen molar-refractivity contribution in [1.82, 2.24) is 0 Å². The van der Waals surface area contributed by atoms with Crippen LogP contribution in [-0.2, 0) is 19.0 Å². The fraction of sp³-hybridized carbons (Fsp3) is 0.120. The molecule has 150 valence electrons. The first-order chi connectivity index (χ1) is 14.4. The van der Waals surface area contributed by atoms with E-state index in [-0.39, 0.29) is 0 Å². The van der Waals surface area contributed by atoms with Crippen molar-refractivity contribution >= 4 is 11.6 Å². The van der Waals surface area contributed by atoms with Crippen LogP contribution in [0.25, 0.3) is 33.8 Å². The number of benzene rings is 3. The first-order valence-corrected chi connectivity index (χ1v) is 9.97. The highest BCUT2D eigenvalue weighted by atomic mass is 35.5. The summed E-state index contributed by atoms with van der Waals surface area (Å²) in [5.74, 6) is 1.44. The third-order valence-corrected chi connectivity index (χ3v) is 5.77. The minimum Gasteiger partial charge on any atom is -0.455 e. The van der Waals surface area contributed by atoms with Crippen molar-refractivity contribution in [2.75, 3.05) is 0 Å². The van der Waals surface area contributed by atoms with Crippen LogP contribution in [0.15, 0.2) is 77.2 Å². The molecule has 4 aromatic rings. The summed E-state index contributed by atoms with van der Waals surface area (Å²) in [6.07, 6.45) is -2.75. The Morgan fingerprint density at radius 1 is 0.733 bits per heavy atom.